The summed E-state index contributed by atoms with van der Waals surface area (Å²) in [6.07, 6.45) is 1.51. The van der Waals surface area contributed by atoms with Crippen molar-refractivity contribution in [2.45, 2.75) is 65.5 Å². The molecule has 2 aliphatic rings. The van der Waals surface area contributed by atoms with E-state index in [1.165, 1.54) is 11.3 Å². The number of nitrogens with one attached hydrogen (secondary N) is 1. The SMILES string of the molecule is CCOC(=O)c1c(NC(=O)COC(=O)[C@H]2C[C@@H]2C)sc2c1CC(C)(C)[NH2+]C2(C)C. The second-order valence-corrected chi connectivity index (χ2v) is 10.4. The predicted molar refractivity (Wildman–Crippen MR) is 110 cm³/mol. The number of fused-ring (bicyclic) bond motifs is 1. The van der Waals surface area contributed by atoms with Crippen molar-refractivity contribution in [1.82, 2.24) is 0 Å². The molecule has 3 N–H and O–H groups in total. The number of esters is 2. The molecule has 1 fully saturated rings. The number of thiophene rings is 1. The van der Waals surface area contributed by atoms with E-state index in [-0.39, 0.29) is 36.2 Å². The minimum Gasteiger partial charge on any atom is -0.462 e. The van der Waals surface area contributed by atoms with Crippen LogP contribution in [0.5, 0.6) is 0 Å². The van der Waals surface area contributed by atoms with E-state index in [1.807, 2.05) is 6.92 Å². The summed E-state index contributed by atoms with van der Waals surface area (Å²) in [4.78, 5) is 38.1. The maximum Gasteiger partial charge on any atom is 0.341 e. The van der Waals surface area contributed by atoms with Gasteiger partial charge >= 0.3 is 11.9 Å². The van der Waals surface area contributed by atoms with Gasteiger partial charge < -0.3 is 20.1 Å². The van der Waals surface area contributed by atoms with Crippen molar-refractivity contribution in [3.8, 4) is 0 Å². The highest BCUT2D eigenvalue weighted by atomic mass is 32.1. The molecule has 0 radical (unpaired) electrons. The molecule has 29 heavy (non-hydrogen) atoms. The fraction of sp³-hybridized carbons (Fsp3) is 0.667. The number of amides is 1. The number of quaternary nitrogens is 1. The lowest BCUT2D eigenvalue weighted by Crippen LogP contribution is -3.03. The Morgan fingerprint density at radius 1 is 1.21 bits per heavy atom. The van der Waals surface area contributed by atoms with Gasteiger partial charge in [-0.25, -0.2) is 4.79 Å². The Balaban J connectivity index is 1.84. The first kappa shape index (κ1) is 21.8. The quantitative estimate of drug-likeness (QED) is 0.684. The summed E-state index contributed by atoms with van der Waals surface area (Å²) < 4.78 is 10.4. The molecule has 8 heteroatoms. The van der Waals surface area contributed by atoms with Crippen LogP contribution in [0.25, 0.3) is 0 Å². The lowest BCUT2D eigenvalue weighted by molar-refractivity contribution is -0.789. The van der Waals surface area contributed by atoms with E-state index < -0.39 is 11.9 Å². The molecular formula is C21H31N2O5S+. The normalized spacial score (nSPS) is 23.7. The lowest BCUT2D eigenvalue weighted by atomic mass is 9.81. The molecule has 0 saturated heterocycles. The molecule has 1 saturated carbocycles. The number of hydrogen-bond acceptors (Lipinski definition) is 6. The highest BCUT2D eigenvalue weighted by molar-refractivity contribution is 7.17. The van der Waals surface area contributed by atoms with Crippen molar-refractivity contribution in [3.63, 3.8) is 0 Å². The second-order valence-electron chi connectivity index (χ2n) is 9.34. The molecule has 1 aliphatic heterocycles. The first-order valence-electron chi connectivity index (χ1n) is 10.1. The monoisotopic (exact) mass is 423 g/mol. The largest absolute Gasteiger partial charge is 0.462 e. The third-order valence-electron chi connectivity index (χ3n) is 5.47. The van der Waals surface area contributed by atoms with Gasteiger partial charge in [-0.05, 0) is 52.5 Å². The van der Waals surface area contributed by atoms with Crippen LogP contribution < -0.4 is 10.6 Å². The van der Waals surface area contributed by atoms with Gasteiger partial charge in [0.15, 0.2) is 6.61 Å². The molecule has 1 aliphatic carbocycles. The Kier molecular flexibility index (Phi) is 5.80. The minimum absolute atomic E-state index is 0.0867. The molecule has 0 unspecified atom stereocenters. The highest BCUT2D eigenvalue weighted by Crippen LogP contribution is 2.42. The molecule has 7 nitrogen and oxygen atoms in total. The van der Waals surface area contributed by atoms with Gasteiger partial charge in [-0.2, -0.15) is 0 Å². The number of hydrogen-bond donors (Lipinski definition) is 2. The van der Waals surface area contributed by atoms with Crippen LogP contribution in [-0.2, 0) is 31.0 Å². The van der Waals surface area contributed by atoms with Crippen LogP contribution in [-0.4, -0.2) is 36.6 Å². The number of ether oxygens (including phenoxy) is 2. The van der Waals surface area contributed by atoms with Crippen LogP contribution >= 0.6 is 11.3 Å². The molecule has 2 atom stereocenters. The summed E-state index contributed by atoms with van der Waals surface area (Å²) in [5.74, 6) is -0.979. The molecular weight excluding hydrogens is 392 g/mol. The maximum absolute atomic E-state index is 12.7. The third kappa shape index (κ3) is 4.64. The molecule has 1 aromatic rings. The van der Waals surface area contributed by atoms with Crippen LogP contribution in [0.15, 0.2) is 0 Å². The number of rotatable bonds is 6. The average Bonchev–Trinajstić information content (AvgIpc) is 3.20. The first-order valence-corrected chi connectivity index (χ1v) is 10.9. The predicted octanol–water partition coefficient (Wildman–Crippen LogP) is 2.20. The minimum atomic E-state index is -0.447. The van der Waals surface area contributed by atoms with Gasteiger partial charge in [0.25, 0.3) is 5.91 Å². The average molecular weight is 424 g/mol. The zero-order chi connectivity index (χ0) is 21.6. The van der Waals surface area contributed by atoms with Crippen molar-refractivity contribution in [1.29, 1.82) is 0 Å². The highest BCUT2D eigenvalue weighted by Gasteiger charge is 2.45. The van der Waals surface area contributed by atoms with Crippen molar-refractivity contribution >= 4 is 34.2 Å². The van der Waals surface area contributed by atoms with E-state index in [2.05, 4.69) is 38.3 Å². The van der Waals surface area contributed by atoms with Gasteiger partial charge in [-0.1, -0.05) is 6.92 Å². The van der Waals surface area contributed by atoms with Gasteiger partial charge in [-0.3, -0.25) is 9.59 Å². The van der Waals surface area contributed by atoms with E-state index in [1.54, 1.807) is 6.92 Å². The van der Waals surface area contributed by atoms with Crippen molar-refractivity contribution < 1.29 is 29.2 Å². The Bertz CT molecular complexity index is 842. The summed E-state index contributed by atoms with van der Waals surface area (Å²) in [5.41, 5.74) is 1.04. The van der Waals surface area contributed by atoms with Crippen LogP contribution in [0, 0.1) is 11.8 Å². The van der Waals surface area contributed by atoms with E-state index in [9.17, 15) is 14.4 Å². The van der Waals surface area contributed by atoms with Gasteiger partial charge in [-0.15, -0.1) is 11.3 Å². The Labute approximate surface area is 175 Å². The molecule has 3 rings (SSSR count). The molecule has 0 aromatic carbocycles. The van der Waals surface area contributed by atoms with Crippen LogP contribution in [0.1, 0.15) is 68.8 Å². The number of nitrogens with two attached hydrogens (primary N) is 1. The van der Waals surface area contributed by atoms with E-state index >= 15 is 0 Å². The molecule has 0 bridgehead atoms. The Morgan fingerprint density at radius 3 is 2.45 bits per heavy atom. The summed E-state index contributed by atoms with van der Waals surface area (Å²) in [6.45, 7) is 12.1. The molecule has 0 spiro atoms. The van der Waals surface area contributed by atoms with E-state index in [0.29, 0.717) is 22.9 Å². The third-order valence-corrected chi connectivity index (χ3v) is 6.95. The summed E-state index contributed by atoms with van der Waals surface area (Å²) >= 11 is 1.40. The fourth-order valence-electron chi connectivity index (χ4n) is 4.27. The van der Waals surface area contributed by atoms with Gasteiger partial charge in [0.2, 0.25) is 0 Å². The summed E-state index contributed by atoms with van der Waals surface area (Å²) in [6, 6.07) is 0. The molecule has 2 heterocycles. The number of anilines is 1. The van der Waals surface area contributed by atoms with Crippen LogP contribution in [0.3, 0.4) is 0 Å². The molecule has 1 aromatic heterocycles. The molecule has 160 valence electrons. The summed E-state index contributed by atoms with van der Waals surface area (Å²) in [5, 5.41) is 5.54. The number of carbonyl (C=O) groups excluding carboxylic acids is 3. The second kappa shape index (κ2) is 7.72. The summed E-state index contributed by atoms with van der Waals surface area (Å²) in [7, 11) is 0. The van der Waals surface area contributed by atoms with Crippen LogP contribution in [0.2, 0.25) is 0 Å². The standard InChI is InChI=1S/C21H30N2O5S/c1-7-27-19(26)15-13-9-20(3,4)23-21(5,6)16(13)29-17(15)22-14(24)10-28-18(25)12-8-11(12)2/h11-12,23H,7-10H2,1-6H3,(H,22,24)/p+1/t11-,12-/m0/s1. The Hall–Kier alpha value is -1.93. The van der Waals surface area contributed by atoms with Crippen LogP contribution in [0.4, 0.5) is 5.00 Å². The van der Waals surface area contributed by atoms with Gasteiger partial charge in [0.1, 0.15) is 10.5 Å². The van der Waals surface area contributed by atoms with Gasteiger partial charge in [0.05, 0.1) is 28.5 Å². The maximum atomic E-state index is 12.7. The number of carbonyl (C=O) groups is 3. The van der Waals surface area contributed by atoms with Crippen molar-refractivity contribution in [2.24, 2.45) is 11.8 Å². The van der Waals surface area contributed by atoms with E-state index in [0.717, 1.165) is 16.9 Å². The van der Waals surface area contributed by atoms with Gasteiger partial charge in [0, 0.05) is 6.42 Å². The van der Waals surface area contributed by atoms with Crippen molar-refractivity contribution in [3.05, 3.63) is 16.0 Å². The zero-order valence-electron chi connectivity index (χ0n) is 18.0. The fourth-order valence-corrected chi connectivity index (χ4v) is 5.56. The lowest BCUT2D eigenvalue weighted by Gasteiger charge is -2.38. The molecule has 1 amide bonds. The van der Waals surface area contributed by atoms with E-state index in [4.69, 9.17) is 9.47 Å². The smallest absolute Gasteiger partial charge is 0.341 e. The zero-order valence-corrected chi connectivity index (χ0v) is 18.8. The topological polar surface area (TPSA) is 98.3 Å². The Morgan fingerprint density at radius 2 is 1.86 bits per heavy atom. The van der Waals surface area contributed by atoms with Crippen molar-refractivity contribution in [2.75, 3.05) is 18.5 Å². The first-order chi connectivity index (χ1) is 13.4.